The number of hydrogen-bond donors (Lipinski definition) is 1. The van der Waals surface area contributed by atoms with Gasteiger partial charge in [0.15, 0.2) is 11.6 Å². The molecule has 0 aliphatic heterocycles. The Bertz CT molecular complexity index is 848. The van der Waals surface area contributed by atoms with Crippen LogP contribution in [-0.2, 0) is 11.2 Å². The number of anilines is 1. The van der Waals surface area contributed by atoms with Crippen LogP contribution in [0.5, 0.6) is 5.75 Å². The van der Waals surface area contributed by atoms with E-state index in [0.29, 0.717) is 12.1 Å². The maximum absolute atomic E-state index is 13.6. The van der Waals surface area contributed by atoms with E-state index in [1.165, 1.54) is 19.5 Å². The average molecular weight is 340 g/mol. The van der Waals surface area contributed by atoms with Gasteiger partial charge >= 0.3 is 0 Å². The summed E-state index contributed by atoms with van der Waals surface area (Å²) in [4.78, 5) is 15.9. The summed E-state index contributed by atoms with van der Waals surface area (Å²) in [5.74, 6) is -0.366. The number of benzene rings is 2. The summed E-state index contributed by atoms with van der Waals surface area (Å²) >= 11 is 0. The third-order valence-electron chi connectivity index (χ3n) is 3.69. The first kappa shape index (κ1) is 16.6. The molecule has 0 spiro atoms. The van der Waals surface area contributed by atoms with Gasteiger partial charge in [-0.3, -0.25) is 4.79 Å². The molecule has 128 valence electrons. The fraction of sp³-hybridized carbons (Fsp3) is 0.167. The van der Waals surface area contributed by atoms with Gasteiger partial charge in [0.25, 0.3) is 0 Å². The number of amides is 1. The molecule has 1 N–H and O–H groups in total. The second kappa shape index (κ2) is 7.57. The maximum Gasteiger partial charge on any atom is 0.224 e. The van der Waals surface area contributed by atoms with Crippen molar-refractivity contribution in [2.24, 2.45) is 0 Å². The maximum atomic E-state index is 13.6. The van der Waals surface area contributed by atoms with Crippen LogP contribution in [0, 0.1) is 5.82 Å². The molecule has 1 heterocycles. The van der Waals surface area contributed by atoms with Crippen molar-refractivity contribution < 1.29 is 13.9 Å². The van der Waals surface area contributed by atoms with E-state index in [2.05, 4.69) is 15.4 Å². The highest BCUT2D eigenvalue weighted by Gasteiger charge is 2.07. The van der Waals surface area contributed by atoms with Crippen LogP contribution in [0.25, 0.3) is 5.69 Å². The van der Waals surface area contributed by atoms with E-state index in [9.17, 15) is 9.18 Å². The van der Waals surface area contributed by atoms with Gasteiger partial charge in [0.05, 0.1) is 12.8 Å². The molecule has 6 nitrogen and oxygen atoms in total. The van der Waals surface area contributed by atoms with Gasteiger partial charge in [0, 0.05) is 12.1 Å². The molecule has 0 radical (unpaired) electrons. The number of nitrogens with zero attached hydrogens (tertiary/aromatic N) is 3. The molecule has 7 heteroatoms. The van der Waals surface area contributed by atoms with E-state index in [-0.39, 0.29) is 18.1 Å². The molecular formula is C18H17FN4O2. The first-order chi connectivity index (χ1) is 12.2. The fourth-order valence-electron chi connectivity index (χ4n) is 2.39. The average Bonchev–Trinajstić information content (AvgIpc) is 3.15. The largest absolute Gasteiger partial charge is 0.494 e. The van der Waals surface area contributed by atoms with Crippen molar-refractivity contribution >= 4 is 11.6 Å². The molecular weight excluding hydrogens is 323 g/mol. The van der Waals surface area contributed by atoms with E-state index in [0.717, 1.165) is 11.3 Å². The van der Waals surface area contributed by atoms with E-state index in [4.69, 9.17) is 4.74 Å². The highest BCUT2D eigenvalue weighted by atomic mass is 19.1. The first-order valence-electron chi connectivity index (χ1n) is 7.73. The number of rotatable bonds is 6. The van der Waals surface area contributed by atoms with Gasteiger partial charge in [-0.1, -0.05) is 6.07 Å². The minimum atomic E-state index is -0.427. The third-order valence-corrected chi connectivity index (χ3v) is 3.69. The van der Waals surface area contributed by atoms with Gasteiger partial charge in [-0.05, 0) is 48.4 Å². The number of ether oxygens (including phenoxy) is 1. The van der Waals surface area contributed by atoms with Crippen molar-refractivity contribution in [1.29, 1.82) is 0 Å². The molecule has 3 rings (SSSR count). The van der Waals surface area contributed by atoms with E-state index in [1.807, 2.05) is 12.1 Å². The van der Waals surface area contributed by atoms with Crippen molar-refractivity contribution in [3.8, 4) is 11.4 Å². The Hall–Kier alpha value is -3.22. The van der Waals surface area contributed by atoms with Gasteiger partial charge in [0.1, 0.15) is 12.7 Å². The van der Waals surface area contributed by atoms with E-state index >= 15 is 0 Å². The molecule has 25 heavy (non-hydrogen) atoms. The van der Waals surface area contributed by atoms with Crippen molar-refractivity contribution in [2.45, 2.75) is 12.8 Å². The Labute approximate surface area is 144 Å². The molecule has 3 aromatic rings. The van der Waals surface area contributed by atoms with Crippen LogP contribution in [-0.4, -0.2) is 27.8 Å². The quantitative estimate of drug-likeness (QED) is 0.749. The summed E-state index contributed by atoms with van der Waals surface area (Å²) in [6.07, 6.45) is 3.76. The van der Waals surface area contributed by atoms with Crippen molar-refractivity contribution in [1.82, 2.24) is 14.8 Å². The number of aryl methyl sites for hydroxylation is 1. The molecule has 0 unspecified atom stereocenters. The third kappa shape index (κ3) is 4.20. The SMILES string of the molecule is COc1ccc(CCC(=O)Nc2ccc(-n3cncn3)cc2)cc1F. The molecule has 0 aliphatic carbocycles. The predicted octanol–water partition coefficient (Wildman–Crippen LogP) is 2.99. The number of carbonyl (C=O) groups excluding carboxylic acids is 1. The van der Waals surface area contributed by atoms with Crippen molar-refractivity contribution in [3.63, 3.8) is 0 Å². The molecule has 0 aliphatic rings. The number of halogens is 1. The Balaban J connectivity index is 1.55. The zero-order valence-electron chi connectivity index (χ0n) is 13.6. The summed E-state index contributed by atoms with van der Waals surface area (Å²) in [5.41, 5.74) is 2.29. The molecule has 0 saturated heterocycles. The Morgan fingerprint density at radius 3 is 2.68 bits per heavy atom. The van der Waals surface area contributed by atoms with E-state index < -0.39 is 5.82 Å². The predicted molar refractivity (Wildman–Crippen MR) is 91.3 cm³/mol. The summed E-state index contributed by atoms with van der Waals surface area (Å²) in [6.45, 7) is 0. The lowest BCUT2D eigenvalue weighted by Gasteiger charge is -2.08. The Morgan fingerprint density at radius 2 is 2.04 bits per heavy atom. The van der Waals surface area contributed by atoms with Crippen LogP contribution in [0.2, 0.25) is 0 Å². The van der Waals surface area contributed by atoms with Gasteiger partial charge in [0.2, 0.25) is 5.91 Å². The van der Waals surface area contributed by atoms with Crippen LogP contribution in [0.3, 0.4) is 0 Å². The topological polar surface area (TPSA) is 69.0 Å². The van der Waals surface area contributed by atoms with Crippen LogP contribution >= 0.6 is 0 Å². The second-order valence-corrected chi connectivity index (χ2v) is 5.40. The van der Waals surface area contributed by atoms with Crippen LogP contribution in [0.1, 0.15) is 12.0 Å². The second-order valence-electron chi connectivity index (χ2n) is 5.40. The molecule has 2 aromatic carbocycles. The van der Waals surface area contributed by atoms with Crippen LogP contribution in [0.4, 0.5) is 10.1 Å². The number of nitrogens with one attached hydrogen (secondary N) is 1. The lowest BCUT2D eigenvalue weighted by atomic mass is 10.1. The van der Waals surface area contributed by atoms with Crippen LogP contribution in [0.15, 0.2) is 55.1 Å². The van der Waals surface area contributed by atoms with Crippen molar-refractivity contribution in [2.75, 3.05) is 12.4 Å². The molecule has 0 saturated carbocycles. The van der Waals surface area contributed by atoms with Gasteiger partial charge in [-0.15, -0.1) is 0 Å². The highest BCUT2D eigenvalue weighted by molar-refractivity contribution is 5.90. The smallest absolute Gasteiger partial charge is 0.224 e. The molecule has 0 fully saturated rings. The molecule has 0 bridgehead atoms. The van der Waals surface area contributed by atoms with Crippen LogP contribution < -0.4 is 10.1 Å². The number of methoxy groups -OCH3 is 1. The minimum absolute atomic E-state index is 0.135. The van der Waals surface area contributed by atoms with Gasteiger partial charge in [-0.2, -0.15) is 5.10 Å². The summed E-state index contributed by atoms with van der Waals surface area (Å²) in [6, 6.07) is 12.0. The lowest BCUT2D eigenvalue weighted by Crippen LogP contribution is -2.12. The Kier molecular flexibility index (Phi) is 5.03. The highest BCUT2D eigenvalue weighted by Crippen LogP contribution is 2.19. The number of hydrogen-bond acceptors (Lipinski definition) is 4. The summed E-state index contributed by atoms with van der Waals surface area (Å²) in [5, 5.41) is 6.86. The van der Waals surface area contributed by atoms with Crippen molar-refractivity contribution in [3.05, 3.63) is 66.5 Å². The zero-order valence-corrected chi connectivity index (χ0v) is 13.6. The normalized spacial score (nSPS) is 10.5. The summed E-state index contributed by atoms with van der Waals surface area (Å²) < 4.78 is 20.1. The monoisotopic (exact) mass is 340 g/mol. The summed E-state index contributed by atoms with van der Waals surface area (Å²) in [7, 11) is 1.42. The zero-order chi connectivity index (χ0) is 17.6. The number of aromatic nitrogens is 3. The molecule has 0 atom stereocenters. The van der Waals surface area contributed by atoms with Gasteiger partial charge in [-0.25, -0.2) is 14.1 Å². The first-order valence-corrected chi connectivity index (χ1v) is 7.73. The standard InChI is InChI=1S/C18H17FN4O2/c1-25-17-8-2-13(10-16(17)19)3-9-18(24)22-14-4-6-15(7-5-14)23-12-20-11-21-23/h2,4-8,10-12H,3,9H2,1H3,(H,22,24). The molecule has 1 amide bonds. The van der Waals surface area contributed by atoms with Gasteiger partial charge < -0.3 is 10.1 Å². The van der Waals surface area contributed by atoms with E-state index in [1.54, 1.807) is 35.3 Å². The minimum Gasteiger partial charge on any atom is -0.494 e. The Morgan fingerprint density at radius 1 is 1.24 bits per heavy atom. The molecule has 1 aromatic heterocycles. The fourth-order valence-corrected chi connectivity index (χ4v) is 2.39. The number of carbonyl (C=O) groups is 1. The lowest BCUT2D eigenvalue weighted by molar-refractivity contribution is -0.116.